The van der Waals surface area contributed by atoms with Gasteiger partial charge in [0.1, 0.15) is 18.0 Å². The number of nitrogens with zero attached hydrogens (tertiary/aromatic N) is 2. The largest absolute Gasteiger partial charge is 0.489 e. The molecule has 6 heteroatoms. The lowest BCUT2D eigenvalue weighted by Crippen LogP contribution is -2.64. The third-order valence-corrected chi connectivity index (χ3v) is 3.77. The Morgan fingerprint density at radius 3 is 2.77 bits per heavy atom. The van der Waals surface area contributed by atoms with Crippen molar-refractivity contribution in [1.82, 2.24) is 9.88 Å². The smallest absolute Gasteiger partial charge is 0.410 e. The number of aromatic nitrogens is 1. The first-order valence-corrected chi connectivity index (χ1v) is 7.51. The molecule has 0 aliphatic carbocycles. The summed E-state index contributed by atoms with van der Waals surface area (Å²) in [7, 11) is 0. The van der Waals surface area contributed by atoms with E-state index >= 15 is 0 Å². The van der Waals surface area contributed by atoms with Crippen molar-refractivity contribution in [2.24, 2.45) is 5.73 Å². The first-order chi connectivity index (χ1) is 10.2. The summed E-state index contributed by atoms with van der Waals surface area (Å²) in [4.78, 5) is 18.0. The highest BCUT2D eigenvalue weighted by molar-refractivity contribution is 5.70. The minimum Gasteiger partial charge on any atom is -0.489 e. The van der Waals surface area contributed by atoms with Gasteiger partial charge in [0, 0.05) is 24.8 Å². The first-order valence-electron chi connectivity index (χ1n) is 7.51. The summed E-state index contributed by atoms with van der Waals surface area (Å²) in [5.74, 6) is 0.669. The number of rotatable bonds is 4. The molecular formula is C16H25N3O3. The summed E-state index contributed by atoms with van der Waals surface area (Å²) in [6.45, 7) is 9.06. The minimum absolute atomic E-state index is 0.296. The second-order valence-corrected chi connectivity index (χ2v) is 6.86. The Morgan fingerprint density at radius 2 is 2.23 bits per heavy atom. The Morgan fingerprint density at radius 1 is 1.50 bits per heavy atom. The topological polar surface area (TPSA) is 77.7 Å². The predicted octanol–water partition coefficient (Wildman–Crippen LogP) is 2.32. The highest BCUT2D eigenvalue weighted by Gasteiger charge is 2.46. The summed E-state index contributed by atoms with van der Waals surface area (Å²) in [5.41, 5.74) is 5.74. The molecular weight excluding hydrogens is 282 g/mol. The van der Waals surface area contributed by atoms with Crippen LogP contribution in [0.4, 0.5) is 4.79 Å². The van der Waals surface area contributed by atoms with E-state index in [9.17, 15) is 4.79 Å². The Labute approximate surface area is 131 Å². The molecule has 0 bridgehead atoms. The number of nitrogens with two attached hydrogens (primary N) is 1. The number of carbonyl (C=O) groups is 1. The lowest BCUT2D eigenvalue weighted by Gasteiger charge is -2.49. The average molecular weight is 307 g/mol. The van der Waals surface area contributed by atoms with E-state index < -0.39 is 5.60 Å². The summed E-state index contributed by atoms with van der Waals surface area (Å²) >= 11 is 0. The van der Waals surface area contributed by atoms with Gasteiger partial charge in [-0.3, -0.25) is 9.88 Å². The van der Waals surface area contributed by atoms with Crippen molar-refractivity contribution in [3.05, 3.63) is 24.0 Å². The van der Waals surface area contributed by atoms with Crippen LogP contribution in [0.3, 0.4) is 0 Å². The Hall–Kier alpha value is -1.82. The first kappa shape index (κ1) is 16.5. The molecule has 2 heterocycles. The van der Waals surface area contributed by atoms with Crippen LogP contribution in [0.15, 0.2) is 18.5 Å². The summed E-state index contributed by atoms with van der Waals surface area (Å²) in [5, 5.41) is 0. The van der Waals surface area contributed by atoms with Crippen molar-refractivity contribution >= 4 is 6.09 Å². The molecule has 2 rings (SSSR count). The second-order valence-electron chi connectivity index (χ2n) is 6.86. The Bertz CT molecular complexity index is 542. The second kappa shape index (κ2) is 6.12. The maximum absolute atomic E-state index is 12.2. The van der Waals surface area contributed by atoms with E-state index in [4.69, 9.17) is 15.2 Å². The molecule has 1 atom stereocenters. The van der Waals surface area contributed by atoms with Gasteiger partial charge in [-0.1, -0.05) is 0 Å². The van der Waals surface area contributed by atoms with E-state index in [0.29, 0.717) is 25.4 Å². The third kappa shape index (κ3) is 3.68. The zero-order valence-corrected chi connectivity index (χ0v) is 13.8. The lowest BCUT2D eigenvalue weighted by atomic mass is 9.88. The SMILES string of the molecule is CC(C)(C)OC(=O)N1CCC1(C)COc1cnccc1CN. The molecule has 122 valence electrons. The van der Waals surface area contributed by atoms with Crippen molar-refractivity contribution in [2.45, 2.75) is 51.8 Å². The molecule has 6 nitrogen and oxygen atoms in total. The van der Waals surface area contributed by atoms with Crippen molar-refractivity contribution < 1.29 is 14.3 Å². The van der Waals surface area contributed by atoms with E-state index in [-0.39, 0.29) is 11.6 Å². The van der Waals surface area contributed by atoms with Crippen LogP contribution in [0.5, 0.6) is 5.75 Å². The fourth-order valence-corrected chi connectivity index (χ4v) is 2.32. The number of carbonyl (C=O) groups excluding carboxylic acids is 1. The number of amides is 1. The van der Waals surface area contributed by atoms with Crippen LogP contribution in [0.1, 0.15) is 39.7 Å². The van der Waals surface area contributed by atoms with Crippen molar-refractivity contribution in [3.63, 3.8) is 0 Å². The molecule has 0 aromatic carbocycles. The van der Waals surface area contributed by atoms with Gasteiger partial charge in [-0.15, -0.1) is 0 Å². The van der Waals surface area contributed by atoms with Crippen LogP contribution < -0.4 is 10.5 Å². The van der Waals surface area contributed by atoms with Gasteiger partial charge in [0.2, 0.25) is 0 Å². The summed E-state index contributed by atoms with van der Waals surface area (Å²) in [6, 6.07) is 1.84. The van der Waals surface area contributed by atoms with Gasteiger partial charge >= 0.3 is 6.09 Å². The number of ether oxygens (including phenoxy) is 2. The molecule has 0 spiro atoms. The van der Waals surface area contributed by atoms with Gasteiger partial charge in [0.05, 0.1) is 11.7 Å². The predicted molar refractivity (Wildman–Crippen MR) is 83.6 cm³/mol. The van der Waals surface area contributed by atoms with E-state index in [1.54, 1.807) is 17.3 Å². The summed E-state index contributed by atoms with van der Waals surface area (Å²) < 4.78 is 11.3. The molecule has 22 heavy (non-hydrogen) atoms. The van der Waals surface area contributed by atoms with Crippen LogP contribution in [0, 0.1) is 0 Å². The van der Waals surface area contributed by atoms with Crippen LogP contribution in [0.25, 0.3) is 0 Å². The number of pyridine rings is 1. The summed E-state index contributed by atoms with van der Waals surface area (Å²) in [6.07, 6.45) is 3.93. The average Bonchev–Trinajstić information content (AvgIpc) is 2.41. The zero-order valence-electron chi connectivity index (χ0n) is 13.8. The molecule has 1 aliphatic rings. The van der Waals surface area contributed by atoms with Gasteiger partial charge < -0.3 is 15.2 Å². The molecule has 1 unspecified atom stereocenters. The molecule has 1 aromatic rings. The van der Waals surface area contributed by atoms with E-state index in [1.807, 2.05) is 33.8 Å². The molecule has 2 N–H and O–H groups in total. The van der Waals surface area contributed by atoms with E-state index in [1.165, 1.54) is 0 Å². The molecule has 1 amide bonds. The van der Waals surface area contributed by atoms with Crippen LogP contribution in [-0.2, 0) is 11.3 Å². The van der Waals surface area contributed by atoms with E-state index in [2.05, 4.69) is 4.98 Å². The normalized spacial score (nSPS) is 21.2. The van der Waals surface area contributed by atoms with Gasteiger partial charge in [0.15, 0.2) is 0 Å². The van der Waals surface area contributed by atoms with Gasteiger partial charge in [-0.2, -0.15) is 0 Å². The standard InChI is InChI=1S/C16H25N3O3/c1-15(2,3)22-14(20)19-8-6-16(19,4)11-21-13-10-18-7-5-12(13)9-17/h5,7,10H,6,8-9,11,17H2,1-4H3. The van der Waals surface area contributed by atoms with Gasteiger partial charge in [0.25, 0.3) is 0 Å². The number of hydrogen-bond donors (Lipinski definition) is 1. The Balaban J connectivity index is 1.98. The van der Waals surface area contributed by atoms with Crippen LogP contribution in [-0.4, -0.2) is 40.3 Å². The number of hydrogen-bond acceptors (Lipinski definition) is 5. The maximum Gasteiger partial charge on any atom is 0.410 e. The zero-order chi connectivity index (χ0) is 16.4. The monoisotopic (exact) mass is 307 g/mol. The van der Waals surface area contributed by atoms with Crippen molar-refractivity contribution in [1.29, 1.82) is 0 Å². The lowest BCUT2D eigenvalue weighted by molar-refractivity contribution is -0.0534. The fourth-order valence-electron chi connectivity index (χ4n) is 2.32. The van der Waals surface area contributed by atoms with Crippen LogP contribution in [0.2, 0.25) is 0 Å². The van der Waals surface area contributed by atoms with Gasteiger partial charge in [-0.25, -0.2) is 4.79 Å². The number of likely N-dealkylation sites (tertiary alicyclic amines) is 1. The molecule has 1 fully saturated rings. The van der Waals surface area contributed by atoms with Crippen molar-refractivity contribution in [3.8, 4) is 5.75 Å². The maximum atomic E-state index is 12.2. The van der Waals surface area contributed by atoms with Crippen LogP contribution >= 0.6 is 0 Å². The minimum atomic E-state index is -0.496. The van der Waals surface area contributed by atoms with Gasteiger partial charge in [-0.05, 0) is 40.2 Å². The molecule has 1 aromatic heterocycles. The highest BCUT2D eigenvalue weighted by atomic mass is 16.6. The third-order valence-electron chi connectivity index (χ3n) is 3.77. The molecule has 1 aliphatic heterocycles. The molecule has 0 radical (unpaired) electrons. The Kier molecular flexibility index (Phi) is 4.60. The van der Waals surface area contributed by atoms with Crippen molar-refractivity contribution in [2.75, 3.05) is 13.2 Å². The van der Waals surface area contributed by atoms with E-state index in [0.717, 1.165) is 12.0 Å². The quantitative estimate of drug-likeness (QED) is 0.923. The molecule has 0 saturated carbocycles. The fraction of sp³-hybridized carbons (Fsp3) is 0.625. The molecule has 1 saturated heterocycles. The highest BCUT2D eigenvalue weighted by Crippen LogP contribution is 2.33.